The van der Waals surface area contributed by atoms with E-state index in [1.807, 2.05) is 32.5 Å². The second-order valence-corrected chi connectivity index (χ2v) is 6.16. The molecule has 0 unspecified atom stereocenters. The van der Waals surface area contributed by atoms with Gasteiger partial charge in [0.05, 0.1) is 0 Å². The van der Waals surface area contributed by atoms with Crippen LogP contribution in [-0.2, 0) is 4.74 Å². The van der Waals surface area contributed by atoms with E-state index < -0.39 is 5.60 Å². The van der Waals surface area contributed by atoms with Crippen molar-refractivity contribution in [2.75, 3.05) is 18.1 Å². The number of thioether (sulfide) groups is 1. The number of hydrogen-bond acceptors (Lipinski definition) is 3. The molecular formula is C11H21NO2S. The van der Waals surface area contributed by atoms with Gasteiger partial charge in [-0.3, -0.25) is 0 Å². The minimum Gasteiger partial charge on any atom is -0.444 e. The summed E-state index contributed by atoms with van der Waals surface area (Å²) in [6, 6.07) is 0. The summed E-state index contributed by atoms with van der Waals surface area (Å²) in [7, 11) is 0. The van der Waals surface area contributed by atoms with E-state index >= 15 is 0 Å². The molecule has 15 heavy (non-hydrogen) atoms. The maximum Gasteiger partial charge on any atom is 0.407 e. The number of alkyl carbamates (subject to hydrolysis) is 1. The van der Waals surface area contributed by atoms with Gasteiger partial charge in [-0.1, -0.05) is 0 Å². The Morgan fingerprint density at radius 1 is 1.40 bits per heavy atom. The van der Waals surface area contributed by atoms with E-state index in [-0.39, 0.29) is 6.09 Å². The summed E-state index contributed by atoms with van der Waals surface area (Å²) < 4.78 is 5.17. The van der Waals surface area contributed by atoms with Gasteiger partial charge in [-0.15, -0.1) is 0 Å². The molecule has 0 aromatic carbocycles. The van der Waals surface area contributed by atoms with Gasteiger partial charge in [-0.2, -0.15) is 11.8 Å². The van der Waals surface area contributed by atoms with E-state index in [4.69, 9.17) is 4.74 Å². The number of amides is 1. The van der Waals surface area contributed by atoms with Crippen molar-refractivity contribution in [3.05, 3.63) is 0 Å². The van der Waals surface area contributed by atoms with Crippen LogP contribution in [0, 0.1) is 5.92 Å². The van der Waals surface area contributed by atoms with Gasteiger partial charge in [-0.25, -0.2) is 4.79 Å². The Hall–Kier alpha value is -0.380. The molecule has 1 N–H and O–H groups in total. The van der Waals surface area contributed by atoms with Crippen LogP contribution >= 0.6 is 11.8 Å². The molecule has 1 aliphatic heterocycles. The molecule has 1 aliphatic rings. The third-order valence-electron chi connectivity index (χ3n) is 2.27. The summed E-state index contributed by atoms with van der Waals surface area (Å²) in [5, 5.41) is 2.84. The molecule has 0 bridgehead atoms. The number of ether oxygens (including phenoxy) is 1. The summed E-state index contributed by atoms with van der Waals surface area (Å²) in [5.41, 5.74) is -0.396. The standard InChI is InChI=1S/C11H21NO2S/c1-11(2,3)14-10(13)12-8-9-4-6-15-7-5-9/h9H,4-8H2,1-3H3,(H,12,13). The minimum atomic E-state index is -0.396. The molecule has 1 saturated heterocycles. The lowest BCUT2D eigenvalue weighted by Crippen LogP contribution is -2.36. The Bertz CT molecular complexity index is 207. The molecule has 0 aromatic heterocycles. The lowest BCUT2D eigenvalue weighted by Gasteiger charge is -2.23. The van der Waals surface area contributed by atoms with Gasteiger partial charge in [0.1, 0.15) is 5.60 Å². The first-order valence-corrected chi connectivity index (χ1v) is 6.67. The number of rotatable bonds is 2. The second-order valence-electron chi connectivity index (χ2n) is 4.94. The van der Waals surface area contributed by atoms with Gasteiger partial charge >= 0.3 is 6.09 Å². The van der Waals surface area contributed by atoms with Crippen LogP contribution in [0.4, 0.5) is 4.79 Å². The average Bonchev–Trinajstić information content (AvgIpc) is 2.14. The highest BCUT2D eigenvalue weighted by Crippen LogP contribution is 2.21. The highest BCUT2D eigenvalue weighted by molar-refractivity contribution is 7.99. The van der Waals surface area contributed by atoms with Gasteiger partial charge in [0.2, 0.25) is 0 Å². The van der Waals surface area contributed by atoms with E-state index in [0.29, 0.717) is 5.92 Å². The van der Waals surface area contributed by atoms with Crippen LogP contribution in [-0.4, -0.2) is 29.7 Å². The van der Waals surface area contributed by atoms with E-state index in [2.05, 4.69) is 5.32 Å². The van der Waals surface area contributed by atoms with Gasteiger partial charge < -0.3 is 10.1 Å². The third kappa shape index (κ3) is 5.92. The van der Waals surface area contributed by atoms with Crippen molar-refractivity contribution in [1.29, 1.82) is 0 Å². The van der Waals surface area contributed by atoms with E-state index in [1.54, 1.807) is 0 Å². The fraction of sp³-hybridized carbons (Fsp3) is 0.909. The van der Waals surface area contributed by atoms with Crippen LogP contribution in [0.5, 0.6) is 0 Å². The molecule has 0 saturated carbocycles. The molecule has 88 valence electrons. The highest BCUT2D eigenvalue weighted by Gasteiger charge is 2.18. The van der Waals surface area contributed by atoms with Crippen molar-refractivity contribution in [3.63, 3.8) is 0 Å². The van der Waals surface area contributed by atoms with Crippen LogP contribution in [0.25, 0.3) is 0 Å². The first-order valence-electron chi connectivity index (χ1n) is 5.52. The average molecular weight is 231 g/mol. The molecule has 0 spiro atoms. The van der Waals surface area contributed by atoms with Gasteiger partial charge in [0.15, 0.2) is 0 Å². The Balaban J connectivity index is 2.15. The van der Waals surface area contributed by atoms with Crippen molar-refractivity contribution in [1.82, 2.24) is 5.32 Å². The Morgan fingerprint density at radius 3 is 2.53 bits per heavy atom. The Labute approximate surface area is 96.3 Å². The van der Waals surface area contributed by atoms with Crippen LogP contribution < -0.4 is 5.32 Å². The van der Waals surface area contributed by atoms with Crippen molar-refractivity contribution < 1.29 is 9.53 Å². The van der Waals surface area contributed by atoms with Crippen LogP contribution in [0.1, 0.15) is 33.6 Å². The molecule has 1 heterocycles. The van der Waals surface area contributed by atoms with Gasteiger partial charge in [-0.05, 0) is 51.0 Å². The zero-order valence-corrected chi connectivity index (χ0v) is 10.7. The molecule has 1 fully saturated rings. The van der Waals surface area contributed by atoms with Crippen molar-refractivity contribution in [2.24, 2.45) is 5.92 Å². The van der Waals surface area contributed by atoms with Gasteiger partial charge in [0, 0.05) is 6.54 Å². The second kappa shape index (κ2) is 5.64. The summed E-state index contributed by atoms with van der Waals surface area (Å²) in [4.78, 5) is 11.4. The molecule has 0 atom stereocenters. The monoisotopic (exact) mass is 231 g/mol. The van der Waals surface area contributed by atoms with Crippen molar-refractivity contribution in [2.45, 2.75) is 39.2 Å². The minimum absolute atomic E-state index is 0.291. The van der Waals surface area contributed by atoms with E-state index in [9.17, 15) is 4.79 Å². The quantitative estimate of drug-likeness (QED) is 0.794. The normalized spacial score (nSPS) is 18.6. The zero-order valence-electron chi connectivity index (χ0n) is 9.84. The predicted octanol–water partition coefficient (Wildman–Crippen LogP) is 2.65. The third-order valence-corrected chi connectivity index (χ3v) is 3.32. The first-order chi connectivity index (χ1) is 6.97. The molecule has 0 radical (unpaired) electrons. The predicted molar refractivity (Wildman–Crippen MR) is 64.3 cm³/mol. The Kier molecular flexibility index (Phi) is 4.77. The molecule has 0 aliphatic carbocycles. The summed E-state index contributed by atoms with van der Waals surface area (Å²) >= 11 is 2.00. The van der Waals surface area contributed by atoms with Crippen LogP contribution in [0.15, 0.2) is 0 Å². The van der Waals surface area contributed by atoms with Crippen LogP contribution in [0.3, 0.4) is 0 Å². The maximum absolute atomic E-state index is 11.4. The topological polar surface area (TPSA) is 38.3 Å². The van der Waals surface area contributed by atoms with Gasteiger partial charge in [0.25, 0.3) is 0 Å². The fourth-order valence-electron chi connectivity index (χ4n) is 1.49. The lowest BCUT2D eigenvalue weighted by atomic mass is 10.0. The highest BCUT2D eigenvalue weighted by atomic mass is 32.2. The van der Waals surface area contributed by atoms with Crippen LogP contribution in [0.2, 0.25) is 0 Å². The molecule has 1 amide bonds. The molecule has 0 aromatic rings. The number of carbonyl (C=O) groups excluding carboxylic acids is 1. The van der Waals surface area contributed by atoms with Crippen molar-refractivity contribution >= 4 is 17.9 Å². The maximum atomic E-state index is 11.4. The molecule has 3 nitrogen and oxygen atoms in total. The van der Waals surface area contributed by atoms with Crippen molar-refractivity contribution in [3.8, 4) is 0 Å². The molecule has 1 rings (SSSR count). The fourth-order valence-corrected chi connectivity index (χ4v) is 2.70. The molecular weight excluding hydrogens is 210 g/mol. The lowest BCUT2D eigenvalue weighted by molar-refractivity contribution is 0.0518. The SMILES string of the molecule is CC(C)(C)OC(=O)NCC1CCSCC1. The first kappa shape index (κ1) is 12.7. The number of hydrogen-bond donors (Lipinski definition) is 1. The smallest absolute Gasteiger partial charge is 0.407 e. The Morgan fingerprint density at radius 2 is 2.00 bits per heavy atom. The van der Waals surface area contributed by atoms with E-state index in [1.165, 1.54) is 24.3 Å². The van der Waals surface area contributed by atoms with E-state index in [0.717, 1.165) is 6.54 Å². The number of carbonyl (C=O) groups is 1. The summed E-state index contributed by atoms with van der Waals surface area (Å²) in [6.45, 7) is 6.40. The largest absolute Gasteiger partial charge is 0.444 e. The summed E-state index contributed by atoms with van der Waals surface area (Å²) in [6.07, 6.45) is 2.13. The molecule has 4 heteroatoms. The number of nitrogens with one attached hydrogen (secondary N) is 1. The zero-order chi connectivity index (χ0) is 11.3. The summed E-state index contributed by atoms with van der Waals surface area (Å²) in [5.74, 6) is 3.08.